The number of hydrogen-bond donors (Lipinski definition) is 2. The van der Waals surface area contributed by atoms with Crippen LogP contribution in [0.3, 0.4) is 0 Å². The minimum absolute atomic E-state index is 0.00224. The lowest BCUT2D eigenvalue weighted by molar-refractivity contribution is -0.152. The molecular weight excluding hydrogens is 343 g/mol. The fraction of sp³-hybridized carbons (Fsp3) is 0.294. The van der Waals surface area contributed by atoms with Gasteiger partial charge in [0.1, 0.15) is 11.6 Å². The number of benzene rings is 1. The molecule has 26 heavy (non-hydrogen) atoms. The van der Waals surface area contributed by atoms with E-state index in [1.165, 1.54) is 12.1 Å². The summed E-state index contributed by atoms with van der Waals surface area (Å²) in [5.74, 6) is -3.12. The molecule has 9 heteroatoms. The first kappa shape index (κ1) is 17.7. The number of ether oxygens (including phenoxy) is 1. The monoisotopic (exact) mass is 360 g/mol. The van der Waals surface area contributed by atoms with Crippen molar-refractivity contribution in [2.24, 2.45) is 11.7 Å². The van der Waals surface area contributed by atoms with E-state index >= 15 is 0 Å². The van der Waals surface area contributed by atoms with Crippen molar-refractivity contribution in [1.82, 2.24) is 9.97 Å². The molecule has 2 heterocycles. The quantitative estimate of drug-likeness (QED) is 0.624. The summed E-state index contributed by atoms with van der Waals surface area (Å²) in [6.45, 7) is 3.21. The highest BCUT2D eigenvalue weighted by Gasteiger charge is 2.46. The van der Waals surface area contributed by atoms with Gasteiger partial charge >= 0.3 is 5.97 Å². The van der Waals surface area contributed by atoms with Crippen molar-refractivity contribution < 1.29 is 18.7 Å². The predicted octanol–water partition coefficient (Wildman–Crippen LogP) is 1.07. The Morgan fingerprint density at radius 1 is 1.35 bits per heavy atom. The minimum atomic E-state index is -1.40. The summed E-state index contributed by atoms with van der Waals surface area (Å²) in [5, 5.41) is 0. The van der Waals surface area contributed by atoms with Crippen molar-refractivity contribution in [3.63, 3.8) is 0 Å². The first-order valence-electron chi connectivity index (χ1n) is 7.97. The van der Waals surface area contributed by atoms with Gasteiger partial charge in [0.2, 0.25) is 5.91 Å². The van der Waals surface area contributed by atoms with Gasteiger partial charge in [0.15, 0.2) is 11.7 Å². The third kappa shape index (κ3) is 2.86. The van der Waals surface area contributed by atoms with Crippen LogP contribution >= 0.6 is 0 Å². The molecule has 1 aromatic heterocycles. The van der Waals surface area contributed by atoms with E-state index in [1.807, 2.05) is 0 Å². The van der Waals surface area contributed by atoms with Gasteiger partial charge < -0.3 is 15.5 Å². The molecule has 3 N–H and O–H groups in total. The summed E-state index contributed by atoms with van der Waals surface area (Å²) in [5.41, 5.74) is 5.77. The van der Waals surface area contributed by atoms with E-state index in [0.29, 0.717) is 0 Å². The average molecular weight is 360 g/mol. The van der Waals surface area contributed by atoms with Crippen LogP contribution in [0.2, 0.25) is 0 Å². The van der Waals surface area contributed by atoms with E-state index in [9.17, 15) is 18.8 Å². The summed E-state index contributed by atoms with van der Waals surface area (Å²) in [4.78, 5) is 45.6. The van der Waals surface area contributed by atoms with Crippen LogP contribution in [0.4, 0.5) is 15.9 Å². The minimum Gasteiger partial charge on any atom is -0.465 e. The lowest BCUT2D eigenvalue weighted by Gasteiger charge is -2.35. The second-order valence-electron chi connectivity index (χ2n) is 5.79. The third-order valence-electron chi connectivity index (χ3n) is 4.07. The van der Waals surface area contributed by atoms with Gasteiger partial charge in [-0.05, 0) is 38.1 Å². The van der Waals surface area contributed by atoms with Gasteiger partial charge in [-0.1, -0.05) is 0 Å². The van der Waals surface area contributed by atoms with Crippen LogP contribution < -0.4 is 16.2 Å². The zero-order valence-electron chi connectivity index (χ0n) is 14.2. The molecule has 1 aromatic carbocycles. The number of aromatic amines is 1. The van der Waals surface area contributed by atoms with E-state index in [1.54, 1.807) is 13.8 Å². The maximum Gasteiger partial charge on any atom is 0.320 e. The zero-order chi connectivity index (χ0) is 19.0. The number of H-pyrrole nitrogens is 1. The number of fused-ring (bicyclic) bond motifs is 1. The van der Waals surface area contributed by atoms with Gasteiger partial charge in [0.25, 0.3) is 5.56 Å². The number of carbonyl (C=O) groups is 2. The fourth-order valence-electron chi connectivity index (χ4n) is 2.93. The van der Waals surface area contributed by atoms with Crippen LogP contribution in [0.1, 0.15) is 24.4 Å². The summed E-state index contributed by atoms with van der Waals surface area (Å²) in [6, 6.07) is 3.83. The predicted molar refractivity (Wildman–Crippen MR) is 90.2 cm³/mol. The molecule has 1 aliphatic heterocycles. The number of nitrogens with one attached hydrogen (secondary N) is 1. The molecular formula is C17H17FN4O4. The number of amides is 1. The highest BCUT2D eigenvalue weighted by Crippen LogP contribution is 2.38. The second-order valence-corrected chi connectivity index (χ2v) is 5.79. The summed E-state index contributed by atoms with van der Waals surface area (Å²) in [6.07, 6.45) is 0. The normalized spacial score (nSPS) is 19.2. The van der Waals surface area contributed by atoms with Crippen LogP contribution in [-0.2, 0) is 14.3 Å². The molecule has 2 atom stereocenters. The smallest absolute Gasteiger partial charge is 0.320 e. The molecule has 1 amide bonds. The maximum absolute atomic E-state index is 13.3. The van der Waals surface area contributed by atoms with Crippen molar-refractivity contribution >= 4 is 23.4 Å². The van der Waals surface area contributed by atoms with Crippen molar-refractivity contribution in [3.05, 3.63) is 51.8 Å². The second kappa shape index (κ2) is 6.68. The Morgan fingerprint density at radius 3 is 2.62 bits per heavy atom. The van der Waals surface area contributed by atoms with E-state index < -0.39 is 35.2 Å². The molecule has 0 fully saturated rings. The Labute approximate surface area is 147 Å². The van der Waals surface area contributed by atoms with Crippen LogP contribution in [0, 0.1) is 18.7 Å². The largest absolute Gasteiger partial charge is 0.465 e. The number of aryl methyl sites for hydroxylation is 1. The number of rotatable bonds is 3. The van der Waals surface area contributed by atoms with E-state index in [-0.39, 0.29) is 29.5 Å². The number of halogens is 1. The Hall–Kier alpha value is -3.07. The summed E-state index contributed by atoms with van der Waals surface area (Å²) >= 11 is 0. The number of aromatic nitrogens is 2. The lowest BCUT2D eigenvalue weighted by atomic mass is 9.89. The Balaban J connectivity index is 2.23. The zero-order valence-corrected chi connectivity index (χ0v) is 14.2. The number of nitrogens with two attached hydrogens (primary N) is 1. The maximum atomic E-state index is 13.3. The molecule has 0 bridgehead atoms. The molecule has 2 aromatic rings. The first-order chi connectivity index (χ1) is 12.3. The molecule has 0 aliphatic carbocycles. The van der Waals surface area contributed by atoms with Crippen LogP contribution in [-0.4, -0.2) is 28.5 Å². The summed E-state index contributed by atoms with van der Waals surface area (Å²) in [7, 11) is 0. The third-order valence-corrected chi connectivity index (χ3v) is 4.07. The number of nitrogens with zero attached hydrogens (tertiary/aromatic N) is 2. The molecule has 0 radical (unpaired) electrons. The van der Waals surface area contributed by atoms with Gasteiger partial charge in [-0.25, -0.2) is 9.37 Å². The molecule has 0 spiro atoms. The molecule has 1 aliphatic rings. The highest BCUT2D eigenvalue weighted by atomic mass is 19.1. The molecule has 2 unspecified atom stereocenters. The molecule has 8 nitrogen and oxygen atoms in total. The topological polar surface area (TPSA) is 118 Å². The first-order valence-corrected chi connectivity index (χ1v) is 7.97. The van der Waals surface area contributed by atoms with Gasteiger partial charge in [0, 0.05) is 0 Å². The van der Waals surface area contributed by atoms with Crippen molar-refractivity contribution in [2.75, 3.05) is 11.5 Å². The molecule has 136 valence electrons. The van der Waals surface area contributed by atoms with Gasteiger partial charge in [-0.3, -0.25) is 19.3 Å². The Bertz CT molecular complexity index is 925. The Morgan fingerprint density at radius 2 is 2.00 bits per heavy atom. The van der Waals surface area contributed by atoms with Crippen molar-refractivity contribution in [2.45, 2.75) is 19.9 Å². The number of hydrogen-bond acceptors (Lipinski definition) is 6. The van der Waals surface area contributed by atoms with E-state index in [4.69, 9.17) is 10.5 Å². The van der Waals surface area contributed by atoms with Crippen LogP contribution in [0.25, 0.3) is 0 Å². The SMILES string of the molecule is CCOC(=O)C1C(=O)N(c2ccc(F)cc2)c2nc(C)[nH]c(=O)c2C1N. The number of esters is 1. The number of carbonyl (C=O) groups excluding carboxylic acids is 2. The van der Waals surface area contributed by atoms with Crippen molar-refractivity contribution in [3.8, 4) is 0 Å². The van der Waals surface area contributed by atoms with Gasteiger partial charge in [-0.15, -0.1) is 0 Å². The van der Waals surface area contributed by atoms with Crippen molar-refractivity contribution in [1.29, 1.82) is 0 Å². The standard InChI is InChI=1S/C17H17FN4O4/c1-3-26-17(25)12-13(19)11-14(20-8(2)21-15(11)23)22(16(12)24)10-6-4-9(18)5-7-10/h4-7,12-13H,3,19H2,1-2H3,(H,20,21,23). The Kier molecular flexibility index (Phi) is 4.56. The average Bonchev–Trinajstić information content (AvgIpc) is 2.56. The highest BCUT2D eigenvalue weighted by molar-refractivity contribution is 6.12. The van der Waals surface area contributed by atoms with Gasteiger partial charge in [0.05, 0.1) is 23.9 Å². The number of anilines is 2. The molecule has 0 saturated carbocycles. The van der Waals surface area contributed by atoms with Crippen LogP contribution in [0.5, 0.6) is 0 Å². The summed E-state index contributed by atoms with van der Waals surface area (Å²) < 4.78 is 18.2. The lowest BCUT2D eigenvalue weighted by Crippen LogP contribution is -2.50. The molecule has 0 saturated heterocycles. The fourth-order valence-corrected chi connectivity index (χ4v) is 2.93. The van der Waals surface area contributed by atoms with E-state index in [0.717, 1.165) is 17.0 Å². The van der Waals surface area contributed by atoms with Crippen LogP contribution in [0.15, 0.2) is 29.1 Å². The van der Waals surface area contributed by atoms with Gasteiger partial charge in [-0.2, -0.15) is 0 Å². The van der Waals surface area contributed by atoms with E-state index in [2.05, 4.69) is 9.97 Å². The molecule has 3 rings (SSSR count).